The van der Waals surface area contributed by atoms with Crippen LogP contribution < -0.4 is 0 Å². The molecule has 1 amide bonds. The Kier molecular flexibility index (Phi) is 4.83. The Morgan fingerprint density at radius 2 is 1.48 bits per heavy atom. The molecular formula is C19H18N2OS. The molecule has 0 bridgehead atoms. The van der Waals surface area contributed by atoms with E-state index in [-0.39, 0.29) is 5.91 Å². The zero-order valence-corrected chi connectivity index (χ0v) is 13.8. The van der Waals surface area contributed by atoms with E-state index in [1.54, 1.807) is 0 Å². The molecule has 0 radical (unpaired) electrons. The highest BCUT2D eigenvalue weighted by Crippen LogP contribution is 2.16. The molecule has 3 aromatic rings. The van der Waals surface area contributed by atoms with Crippen molar-refractivity contribution in [3.05, 3.63) is 88.4 Å². The summed E-state index contributed by atoms with van der Waals surface area (Å²) in [6.07, 6.45) is 0. The van der Waals surface area contributed by atoms with Gasteiger partial charge >= 0.3 is 0 Å². The molecular weight excluding hydrogens is 304 g/mol. The number of nitrogens with zero attached hydrogens (tertiary/aromatic N) is 2. The first kappa shape index (κ1) is 15.4. The normalized spacial score (nSPS) is 10.5. The second-order valence-corrected chi connectivity index (χ2v) is 6.46. The number of aromatic nitrogens is 1. The lowest BCUT2D eigenvalue weighted by molar-refractivity contribution is 0.0725. The van der Waals surface area contributed by atoms with E-state index < -0.39 is 0 Å². The summed E-state index contributed by atoms with van der Waals surface area (Å²) in [6.45, 7) is 3.11. The number of hydrogen-bond acceptors (Lipinski definition) is 3. The van der Waals surface area contributed by atoms with Crippen molar-refractivity contribution in [2.45, 2.75) is 20.0 Å². The molecule has 3 rings (SSSR count). The number of hydrogen-bond donors (Lipinski definition) is 0. The zero-order chi connectivity index (χ0) is 16.1. The molecule has 0 unspecified atom stereocenters. The van der Waals surface area contributed by atoms with Crippen molar-refractivity contribution in [3.8, 4) is 0 Å². The maximum Gasteiger partial charge on any atom is 0.274 e. The fourth-order valence-corrected chi connectivity index (χ4v) is 2.97. The van der Waals surface area contributed by atoms with Gasteiger partial charge in [-0.1, -0.05) is 60.7 Å². The summed E-state index contributed by atoms with van der Waals surface area (Å²) in [7, 11) is 0. The van der Waals surface area contributed by atoms with E-state index in [1.165, 1.54) is 11.5 Å². The van der Waals surface area contributed by atoms with Crippen LogP contribution in [0.15, 0.2) is 66.7 Å². The lowest BCUT2D eigenvalue weighted by Crippen LogP contribution is -2.30. The topological polar surface area (TPSA) is 33.2 Å². The Balaban J connectivity index is 1.84. The van der Waals surface area contributed by atoms with Crippen molar-refractivity contribution in [1.29, 1.82) is 0 Å². The first-order chi connectivity index (χ1) is 11.2. The monoisotopic (exact) mass is 322 g/mol. The van der Waals surface area contributed by atoms with Crippen LogP contribution in [-0.4, -0.2) is 15.2 Å². The SMILES string of the molecule is Cc1cc(C(=O)N(Cc2ccccc2)Cc2ccccc2)ns1. The van der Waals surface area contributed by atoms with Crippen molar-refractivity contribution >= 4 is 17.4 Å². The van der Waals surface area contributed by atoms with E-state index in [1.807, 2.05) is 78.6 Å². The minimum Gasteiger partial charge on any atom is -0.329 e. The third-order valence-electron chi connectivity index (χ3n) is 3.57. The van der Waals surface area contributed by atoms with Gasteiger partial charge in [0.15, 0.2) is 0 Å². The molecule has 4 heteroatoms. The molecule has 0 saturated heterocycles. The van der Waals surface area contributed by atoms with Crippen molar-refractivity contribution in [3.63, 3.8) is 0 Å². The number of aryl methyl sites for hydroxylation is 1. The van der Waals surface area contributed by atoms with E-state index in [2.05, 4.69) is 4.37 Å². The Hall–Kier alpha value is -2.46. The van der Waals surface area contributed by atoms with Gasteiger partial charge < -0.3 is 4.90 Å². The van der Waals surface area contributed by atoms with Gasteiger partial charge in [-0.15, -0.1) is 0 Å². The number of benzene rings is 2. The predicted molar refractivity (Wildman–Crippen MR) is 93.3 cm³/mol. The highest BCUT2D eigenvalue weighted by molar-refractivity contribution is 7.05. The van der Waals surface area contributed by atoms with Crippen LogP contribution in [0, 0.1) is 6.92 Å². The average Bonchev–Trinajstić information content (AvgIpc) is 3.02. The quantitative estimate of drug-likeness (QED) is 0.702. The molecule has 3 nitrogen and oxygen atoms in total. The second-order valence-electron chi connectivity index (χ2n) is 5.46. The van der Waals surface area contributed by atoms with Gasteiger partial charge in [-0.3, -0.25) is 4.79 Å². The van der Waals surface area contributed by atoms with Gasteiger partial charge in [-0.25, -0.2) is 0 Å². The van der Waals surface area contributed by atoms with E-state index >= 15 is 0 Å². The number of carbonyl (C=O) groups is 1. The Bertz CT molecular complexity index is 727. The van der Waals surface area contributed by atoms with Gasteiger partial charge in [0, 0.05) is 18.0 Å². The van der Waals surface area contributed by atoms with Gasteiger partial charge in [-0.05, 0) is 35.6 Å². The first-order valence-corrected chi connectivity index (χ1v) is 8.30. The molecule has 2 aromatic carbocycles. The third kappa shape index (κ3) is 4.05. The van der Waals surface area contributed by atoms with E-state index in [0.717, 1.165) is 16.0 Å². The van der Waals surface area contributed by atoms with E-state index in [0.29, 0.717) is 18.8 Å². The van der Waals surface area contributed by atoms with Gasteiger partial charge in [0.25, 0.3) is 5.91 Å². The minimum atomic E-state index is -0.0259. The molecule has 0 atom stereocenters. The molecule has 1 aromatic heterocycles. The summed E-state index contributed by atoms with van der Waals surface area (Å²) in [4.78, 5) is 15.7. The maximum atomic E-state index is 12.8. The molecule has 1 heterocycles. The molecule has 0 aliphatic rings. The fraction of sp³-hybridized carbons (Fsp3) is 0.158. The standard InChI is InChI=1S/C19H18N2OS/c1-15-12-18(20-23-15)19(22)21(13-16-8-4-2-5-9-16)14-17-10-6-3-7-11-17/h2-12H,13-14H2,1H3. The summed E-state index contributed by atoms with van der Waals surface area (Å²) >= 11 is 1.37. The molecule has 0 saturated carbocycles. The lowest BCUT2D eigenvalue weighted by Gasteiger charge is -2.22. The first-order valence-electron chi connectivity index (χ1n) is 7.53. The van der Waals surface area contributed by atoms with Crippen molar-refractivity contribution in [2.24, 2.45) is 0 Å². The van der Waals surface area contributed by atoms with Crippen LogP contribution >= 0.6 is 11.5 Å². The molecule has 0 aliphatic heterocycles. The minimum absolute atomic E-state index is 0.0259. The van der Waals surface area contributed by atoms with E-state index in [4.69, 9.17) is 0 Å². The smallest absolute Gasteiger partial charge is 0.274 e. The molecule has 116 valence electrons. The molecule has 23 heavy (non-hydrogen) atoms. The van der Waals surface area contributed by atoms with Crippen LogP contribution in [-0.2, 0) is 13.1 Å². The van der Waals surface area contributed by atoms with Crippen LogP contribution in [0.5, 0.6) is 0 Å². The van der Waals surface area contributed by atoms with Gasteiger partial charge in [0.05, 0.1) is 0 Å². The summed E-state index contributed by atoms with van der Waals surface area (Å²) in [5, 5.41) is 0. The summed E-state index contributed by atoms with van der Waals surface area (Å²) in [5.41, 5.74) is 2.76. The summed E-state index contributed by atoms with van der Waals surface area (Å²) in [5.74, 6) is -0.0259. The van der Waals surface area contributed by atoms with Crippen molar-refractivity contribution in [2.75, 3.05) is 0 Å². The highest BCUT2D eigenvalue weighted by atomic mass is 32.1. The van der Waals surface area contributed by atoms with Crippen molar-refractivity contribution < 1.29 is 4.79 Å². The number of carbonyl (C=O) groups excluding carboxylic acids is 1. The fourth-order valence-electron chi connectivity index (χ4n) is 2.44. The van der Waals surface area contributed by atoms with Crippen LogP contribution in [0.2, 0.25) is 0 Å². The molecule has 0 spiro atoms. The lowest BCUT2D eigenvalue weighted by atomic mass is 10.1. The zero-order valence-electron chi connectivity index (χ0n) is 13.0. The van der Waals surface area contributed by atoms with Crippen LogP contribution in [0.25, 0.3) is 0 Å². The summed E-state index contributed by atoms with van der Waals surface area (Å²) < 4.78 is 4.27. The highest BCUT2D eigenvalue weighted by Gasteiger charge is 2.19. The largest absolute Gasteiger partial charge is 0.329 e. The predicted octanol–water partition coefficient (Wildman–Crippen LogP) is 4.29. The molecule has 0 N–H and O–H groups in total. The van der Waals surface area contributed by atoms with Gasteiger partial charge in [0.2, 0.25) is 0 Å². The van der Waals surface area contributed by atoms with Gasteiger partial charge in [-0.2, -0.15) is 4.37 Å². The molecule has 0 aliphatic carbocycles. The Morgan fingerprint density at radius 1 is 0.957 bits per heavy atom. The van der Waals surface area contributed by atoms with Gasteiger partial charge in [0.1, 0.15) is 5.69 Å². The Labute approximate surface area is 140 Å². The number of rotatable bonds is 5. The second kappa shape index (κ2) is 7.20. The number of amides is 1. The average molecular weight is 322 g/mol. The maximum absolute atomic E-state index is 12.8. The van der Waals surface area contributed by atoms with Crippen molar-refractivity contribution in [1.82, 2.24) is 9.27 Å². The third-order valence-corrected chi connectivity index (χ3v) is 4.26. The Morgan fingerprint density at radius 3 is 1.91 bits per heavy atom. The van der Waals surface area contributed by atoms with Crippen LogP contribution in [0.1, 0.15) is 26.5 Å². The summed E-state index contributed by atoms with van der Waals surface area (Å²) in [6, 6.07) is 22.0. The molecule has 0 fully saturated rings. The van der Waals surface area contributed by atoms with Crippen LogP contribution in [0.4, 0.5) is 0 Å². The van der Waals surface area contributed by atoms with E-state index in [9.17, 15) is 4.79 Å². The van der Waals surface area contributed by atoms with Crippen LogP contribution in [0.3, 0.4) is 0 Å².